The van der Waals surface area contributed by atoms with Gasteiger partial charge in [-0.2, -0.15) is 12.7 Å². The van der Waals surface area contributed by atoms with E-state index in [1.165, 1.54) is 16.4 Å². The van der Waals surface area contributed by atoms with Crippen LogP contribution in [0.5, 0.6) is 0 Å². The highest BCUT2D eigenvalue weighted by Gasteiger charge is 2.24. The number of hydrogen-bond donors (Lipinski definition) is 1. The molecule has 0 aromatic heterocycles. The second-order valence-corrected chi connectivity index (χ2v) is 6.92. The summed E-state index contributed by atoms with van der Waals surface area (Å²) in [6, 6.07) is 4.36. The summed E-state index contributed by atoms with van der Waals surface area (Å²) in [5, 5.41) is 0. The Labute approximate surface area is 120 Å². The smallest absolute Gasteiger partial charge is 0.270 e. The molecular weight excluding hydrogens is 370 g/mol. The van der Waals surface area contributed by atoms with E-state index in [2.05, 4.69) is 4.72 Å². The van der Waals surface area contributed by atoms with Crippen LogP contribution in [-0.2, 0) is 10.2 Å². The molecular formula is C11H14FIN2O2S. The predicted molar refractivity (Wildman–Crippen MR) is 77.1 cm³/mol. The van der Waals surface area contributed by atoms with E-state index < -0.39 is 16.0 Å². The van der Waals surface area contributed by atoms with Gasteiger partial charge in [0.25, 0.3) is 0 Å². The normalized spacial score (nSPS) is 17.7. The van der Waals surface area contributed by atoms with Gasteiger partial charge in [-0.25, -0.2) is 4.39 Å². The van der Waals surface area contributed by atoms with E-state index in [-0.39, 0.29) is 3.57 Å². The lowest BCUT2D eigenvalue weighted by Gasteiger charge is -2.26. The molecule has 1 aromatic rings. The van der Waals surface area contributed by atoms with E-state index in [9.17, 15) is 12.8 Å². The quantitative estimate of drug-likeness (QED) is 0.815. The monoisotopic (exact) mass is 384 g/mol. The van der Waals surface area contributed by atoms with E-state index >= 15 is 0 Å². The Balaban J connectivity index is 2.19. The average molecular weight is 384 g/mol. The Morgan fingerprint density at radius 2 is 1.89 bits per heavy atom. The molecule has 0 aliphatic carbocycles. The molecule has 7 heteroatoms. The van der Waals surface area contributed by atoms with Crippen molar-refractivity contribution in [3.63, 3.8) is 0 Å². The van der Waals surface area contributed by atoms with Crippen molar-refractivity contribution < 1.29 is 12.8 Å². The van der Waals surface area contributed by atoms with Gasteiger partial charge in [-0.15, -0.1) is 0 Å². The lowest BCUT2D eigenvalue weighted by atomic mass is 10.2. The topological polar surface area (TPSA) is 49.4 Å². The molecule has 0 amide bonds. The Hall–Kier alpha value is -0.410. The highest BCUT2D eigenvalue weighted by Crippen LogP contribution is 2.23. The van der Waals surface area contributed by atoms with Crippen LogP contribution in [0.2, 0.25) is 0 Å². The van der Waals surface area contributed by atoms with Crippen molar-refractivity contribution in [2.45, 2.75) is 19.3 Å². The molecule has 1 saturated heterocycles. The molecule has 2 rings (SSSR count). The summed E-state index contributed by atoms with van der Waals surface area (Å²) in [7, 11) is -3.56. The molecule has 0 atom stereocenters. The van der Waals surface area contributed by atoms with E-state index in [1.807, 2.05) is 0 Å². The summed E-state index contributed by atoms with van der Waals surface area (Å²) in [5.41, 5.74) is 0.293. The minimum atomic E-state index is -3.56. The van der Waals surface area contributed by atoms with Gasteiger partial charge in [0.15, 0.2) is 0 Å². The number of hydrogen-bond acceptors (Lipinski definition) is 2. The number of halogens is 2. The molecule has 1 N–H and O–H groups in total. The molecule has 0 bridgehead atoms. The summed E-state index contributed by atoms with van der Waals surface area (Å²) in [5.74, 6) is -0.422. The molecule has 1 fully saturated rings. The maximum absolute atomic E-state index is 13.3. The minimum absolute atomic E-state index is 0.288. The van der Waals surface area contributed by atoms with Gasteiger partial charge >= 0.3 is 10.2 Å². The van der Waals surface area contributed by atoms with Crippen LogP contribution in [0.15, 0.2) is 18.2 Å². The number of nitrogens with zero attached hydrogens (tertiary/aromatic N) is 1. The second-order valence-electron chi connectivity index (χ2n) is 4.17. The van der Waals surface area contributed by atoms with Crippen LogP contribution in [0.3, 0.4) is 0 Å². The van der Waals surface area contributed by atoms with Gasteiger partial charge in [-0.3, -0.25) is 4.72 Å². The molecule has 0 spiro atoms. The third-order valence-corrected chi connectivity index (χ3v) is 5.46. The molecule has 0 unspecified atom stereocenters. The molecule has 1 aliphatic heterocycles. The number of piperidine rings is 1. The van der Waals surface area contributed by atoms with E-state index in [0.29, 0.717) is 18.8 Å². The van der Waals surface area contributed by atoms with Crippen LogP contribution in [0, 0.1) is 9.39 Å². The van der Waals surface area contributed by atoms with Crippen LogP contribution < -0.4 is 4.72 Å². The first-order valence-corrected chi connectivity index (χ1v) is 8.24. The van der Waals surface area contributed by atoms with Crippen molar-refractivity contribution in [1.29, 1.82) is 0 Å². The highest BCUT2D eigenvalue weighted by molar-refractivity contribution is 14.1. The maximum atomic E-state index is 13.3. The van der Waals surface area contributed by atoms with Crippen LogP contribution >= 0.6 is 22.6 Å². The van der Waals surface area contributed by atoms with Crippen molar-refractivity contribution in [2.75, 3.05) is 17.8 Å². The Morgan fingerprint density at radius 3 is 2.56 bits per heavy atom. The standard InChI is InChI=1S/C11H14FIN2O2S/c12-9-5-4-6-10(11(9)13)14-18(16,17)15-7-2-1-3-8-15/h4-6,14H,1-3,7-8H2. The fourth-order valence-corrected chi connectivity index (χ4v) is 3.88. The molecule has 1 aromatic carbocycles. The minimum Gasteiger partial charge on any atom is -0.270 e. The summed E-state index contributed by atoms with van der Waals surface area (Å²) in [6.07, 6.45) is 2.81. The number of nitrogens with one attached hydrogen (secondary N) is 1. The van der Waals surface area contributed by atoms with Gasteiger partial charge in [0.1, 0.15) is 5.82 Å². The molecule has 1 heterocycles. The zero-order valence-electron chi connectivity index (χ0n) is 9.70. The van der Waals surface area contributed by atoms with E-state index in [0.717, 1.165) is 19.3 Å². The zero-order valence-corrected chi connectivity index (χ0v) is 12.7. The summed E-state index contributed by atoms with van der Waals surface area (Å²) in [4.78, 5) is 0. The van der Waals surface area contributed by atoms with Crippen molar-refractivity contribution >= 4 is 38.5 Å². The molecule has 18 heavy (non-hydrogen) atoms. The maximum Gasteiger partial charge on any atom is 0.301 e. The van der Waals surface area contributed by atoms with Crippen LogP contribution in [0.25, 0.3) is 0 Å². The van der Waals surface area contributed by atoms with Crippen LogP contribution in [-0.4, -0.2) is 25.8 Å². The molecule has 0 saturated carbocycles. The van der Waals surface area contributed by atoms with E-state index in [4.69, 9.17) is 0 Å². The molecule has 4 nitrogen and oxygen atoms in total. The number of rotatable bonds is 3. The van der Waals surface area contributed by atoms with Gasteiger partial charge in [0.2, 0.25) is 0 Å². The Bertz CT molecular complexity index is 530. The fraction of sp³-hybridized carbons (Fsp3) is 0.455. The Kier molecular flexibility index (Phi) is 4.44. The third-order valence-electron chi connectivity index (χ3n) is 2.85. The van der Waals surface area contributed by atoms with Gasteiger partial charge < -0.3 is 0 Å². The first-order valence-electron chi connectivity index (χ1n) is 5.72. The van der Waals surface area contributed by atoms with Gasteiger partial charge in [0.05, 0.1) is 9.26 Å². The van der Waals surface area contributed by atoms with E-state index in [1.54, 1.807) is 28.7 Å². The van der Waals surface area contributed by atoms with Crippen LogP contribution in [0.4, 0.5) is 10.1 Å². The highest BCUT2D eigenvalue weighted by atomic mass is 127. The van der Waals surface area contributed by atoms with Crippen LogP contribution in [0.1, 0.15) is 19.3 Å². The van der Waals surface area contributed by atoms with Gasteiger partial charge in [-0.1, -0.05) is 12.5 Å². The molecule has 100 valence electrons. The zero-order chi connectivity index (χ0) is 13.2. The Morgan fingerprint density at radius 1 is 1.22 bits per heavy atom. The second kappa shape index (κ2) is 5.70. The number of benzene rings is 1. The summed E-state index contributed by atoms with van der Waals surface area (Å²) >= 11 is 1.80. The van der Waals surface area contributed by atoms with Crippen molar-refractivity contribution in [3.05, 3.63) is 27.6 Å². The van der Waals surface area contributed by atoms with Gasteiger partial charge in [-0.05, 0) is 47.6 Å². The lowest BCUT2D eigenvalue weighted by molar-refractivity contribution is 0.349. The van der Waals surface area contributed by atoms with Gasteiger partial charge in [0, 0.05) is 13.1 Å². The van der Waals surface area contributed by atoms with Crippen molar-refractivity contribution in [2.24, 2.45) is 0 Å². The average Bonchev–Trinajstić information content (AvgIpc) is 2.36. The lowest BCUT2D eigenvalue weighted by Crippen LogP contribution is -2.39. The SMILES string of the molecule is O=S(=O)(Nc1cccc(F)c1I)N1CCCCC1. The summed E-state index contributed by atoms with van der Waals surface area (Å²) in [6.45, 7) is 1.06. The largest absolute Gasteiger partial charge is 0.301 e. The molecule has 1 aliphatic rings. The predicted octanol–water partition coefficient (Wildman–Crippen LogP) is 2.57. The molecule has 0 radical (unpaired) electrons. The first kappa shape index (κ1) is 14.0. The van der Waals surface area contributed by atoms with Crippen molar-refractivity contribution in [1.82, 2.24) is 4.31 Å². The first-order chi connectivity index (χ1) is 8.50. The fourth-order valence-electron chi connectivity index (χ4n) is 1.89. The summed E-state index contributed by atoms with van der Waals surface area (Å²) < 4.78 is 41.7. The third kappa shape index (κ3) is 3.12. The van der Waals surface area contributed by atoms with Crippen molar-refractivity contribution in [3.8, 4) is 0 Å². The number of anilines is 1.